The molecular formula is C22H23N3O. The number of aromatic nitrogens is 2. The van der Waals surface area contributed by atoms with Crippen LogP contribution in [-0.4, -0.2) is 35.3 Å². The van der Waals surface area contributed by atoms with Crippen molar-refractivity contribution in [3.05, 3.63) is 59.1 Å². The molecule has 6 rings (SSSR count). The Morgan fingerprint density at radius 3 is 2.69 bits per heavy atom. The number of rotatable bonds is 3. The summed E-state index contributed by atoms with van der Waals surface area (Å²) in [7, 11) is 0. The number of benzene rings is 1. The highest BCUT2D eigenvalue weighted by Gasteiger charge is 2.48. The fourth-order valence-corrected chi connectivity index (χ4v) is 4.89. The lowest BCUT2D eigenvalue weighted by Gasteiger charge is -2.48. The highest BCUT2D eigenvalue weighted by molar-refractivity contribution is 5.75. The van der Waals surface area contributed by atoms with Crippen molar-refractivity contribution in [3.8, 4) is 0 Å². The molecule has 4 aliphatic rings. The molecule has 4 nitrogen and oxygen atoms in total. The predicted molar refractivity (Wildman–Crippen MR) is 101 cm³/mol. The van der Waals surface area contributed by atoms with E-state index >= 15 is 0 Å². The van der Waals surface area contributed by atoms with E-state index in [4.69, 9.17) is 14.7 Å². The summed E-state index contributed by atoms with van der Waals surface area (Å²) in [5, 5.41) is 0. The molecule has 0 bridgehead atoms. The molecule has 1 aromatic heterocycles. The van der Waals surface area contributed by atoms with Gasteiger partial charge in [-0.25, -0.2) is 9.97 Å². The Kier molecular flexibility index (Phi) is 3.10. The van der Waals surface area contributed by atoms with Crippen molar-refractivity contribution in [2.24, 2.45) is 0 Å². The Hall–Kier alpha value is -2.20. The van der Waals surface area contributed by atoms with E-state index in [9.17, 15) is 0 Å². The maximum absolute atomic E-state index is 6.03. The van der Waals surface area contributed by atoms with Crippen molar-refractivity contribution in [2.45, 2.75) is 43.6 Å². The van der Waals surface area contributed by atoms with Crippen LogP contribution in [0.15, 0.2) is 36.4 Å². The van der Waals surface area contributed by atoms with Gasteiger partial charge in [-0.1, -0.05) is 36.4 Å². The zero-order valence-corrected chi connectivity index (χ0v) is 14.9. The molecule has 0 saturated carbocycles. The fourth-order valence-electron chi connectivity index (χ4n) is 4.89. The second-order valence-electron chi connectivity index (χ2n) is 8.16. The van der Waals surface area contributed by atoms with Gasteiger partial charge in [0.2, 0.25) is 0 Å². The molecule has 2 aromatic rings. The second-order valence-corrected chi connectivity index (χ2v) is 8.16. The van der Waals surface area contributed by atoms with Crippen molar-refractivity contribution in [1.82, 2.24) is 9.97 Å². The Morgan fingerprint density at radius 1 is 1.12 bits per heavy atom. The third-order valence-corrected chi connectivity index (χ3v) is 6.37. The zero-order valence-electron chi connectivity index (χ0n) is 14.9. The van der Waals surface area contributed by atoms with E-state index in [2.05, 4.69) is 41.3 Å². The number of anilines is 1. The number of hydrogen-bond acceptors (Lipinski definition) is 4. The van der Waals surface area contributed by atoms with E-state index in [-0.39, 0.29) is 5.60 Å². The van der Waals surface area contributed by atoms with Gasteiger partial charge in [-0.2, -0.15) is 0 Å². The average Bonchev–Trinajstić information content (AvgIpc) is 3.22. The first-order chi connectivity index (χ1) is 12.8. The van der Waals surface area contributed by atoms with Crippen LogP contribution in [0.1, 0.15) is 54.2 Å². The van der Waals surface area contributed by atoms with Gasteiger partial charge in [0.1, 0.15) is 11.4 Å². The highest BCUT2D eigenvalue weighted by atomic mass is 16.5. The van der Waals surface area contributed by atoms with E-state index in [1.807, 2.05) is 0 Å². The van der Waals surface area contributed by atoms with Crippen LogP contribution in [-0.2, 0) is 11.2 Å². The number of hydrogen-bond donors (Lipinski definition) is 0. The van der Waals surface area contributed by atoms with Crippen LogP contribution in [0.4, 0.5) is 5.82 Å². The summed E-state index contributed by atoms with van der Waals surface area (Å²) >= 11 is 0. The van der Waals surface area contributed by atoms with Gasteiger partial charge >= 0.3 is 0 Å². The van der Waals surface area contributed by atoms with E-state index in [1.54, 1.807) is 0 Å². The third kappa shape index (κ3) is 2.25. The van der Waals surface area contributed by atoms with Gasteiger partial charge in [-0.15, -0.1) is 0 Å². The van der Waals surface area contributed by atoms with Gasteiger partial charge in [-0.3, -0.25) is 0 Å². The molecular weight excluding hydrogens is 322 g/mol. The molecule has 26 heavy (non-hydrogen) atoms. The van der Waals surface area contributed by atoms with Gasteiger partial charge in [0, 0.05) is 18.1 Å². The normalized spacial score (nSPS) is 25.2. The predicted octanol–water partition coefficient (Wildman–Crippen LogP) is 3.71. The molecule has 0 amide bonds. The molecule has 1 aromatic carbocycles. The van der Waals surface area contributed by atoms with Gasteiger partial charge in [0.15, 0.2) is 5.82 Å². The average molecular weight is 345 g/mol. The molecule has 3 heterocycles. The maximum Gasteiger partial charge on any atom is 0.157 e. The first-order valence-electron chi connectivity index (χ1n) is 9.85. The molecule has 1 unspecified atom stereocenters. The molecule has 2 fully saturated rings. The second kappa shape index (κ2) is 5.40. The summed E-state index contributed by atoms with van der Waals surface area (Å²) < 4.78 is 6.03. The molecule has 1 spiro atoms. The van der Waals surface area contributed by atoms with Crippen molar-refractivity contribution in [1.29, 1.82) is 0 Å². The topological polar surface area (TPSA) is 38.2 Å². The molecule has 1 atom stereocenters. The Bertz CT molecular complexity index is 891. The van der Waals surface area contributed by atoms with Crippen LogP contribution >= 0.6 is 0 Å². The minimum Gasteiger partial charge on any atom is -0.371 e. The number of ether oxygens (including phenoxy) is 1. The van der Waals surface area contributed by atoms with Gasteiger partial charge < -0.3 is 9.64 Å². The first kappa shape index (κ1) is 14.9. The standard InChI is InChI=1S/C22H23N3O/c1-2-5-15(6-3-1)17-9-10-18-19(17)23-20(16-7-8-16)24-21(18)25-13-22(14-25)11-4-12-26-22/h1-3,5-7,17H,4,8-14H2. The first-order valence-corrected chi connectivity index (χ1v) is 9.85. The van der Waals surface area contributed by atoms with Gasteiger partial charge in [0.25, 0.3) is 0 Å². The maximum atomic E-state index is 6.03. The highest BCUT2D eigenvalue weighted by Crippen LogP contribution is 2.45. The number of fused-ring (bicyclic) bond motifs is 1. The van der Waals surface area contributed by atoms with Crippen molar-refractivity contribution < 1.29 is 4.74 Å². The van der Waals surface area contributed by atoms with Crippen LogP contribution in [0.3, 0.4) is 0 Å². The molecule has 0 radical (unpaired) electrons. The minimum absolute atomic E-state index is 0.105. The minimum atomic E-state index is 0.105. The fraction of sp³-hybridized carbons (Fsp3) is 0.455. The van der Waals surface area contributed by atoms with Crippen molar-refractivity contribution >= 4 is 11.4 Å². The number of allylic oxidation sites excluding steroid dienone is 2. The van der Waals surface area contributed by atoms with Crippen LogP contribution < -0.4 is 4.90 Å². The molecule has 0 N–H and O–H groups in total. The SMILES string of the molecule is C1=C(c2nc3c(c(N4CC5(CCCO5)C4)n2)CCC3c2ccccc2)C1. The smallest absolute Gasteiger partial charge is 0.157 e. The molecule has 2 aliphatic carbocycles. The summed E-state index contributed by atoms with van der Waals surface area (Å²) in [5.41, 5.74) is 5.42. The molecule has 4 heteroatoms. The van der Waals surface area contributed by atoms with Crippen LogP contribution in [0, 0.1) is 0 Å². The lowest BCUT2D eigenvalue weighted by atomic mass is 9.90. The summed E-state index contributed by atoms with van der Waals surface area (Å²) in [6.07, 6.45) is 7.88. The quantitative estimate of drug-likeness (QED) is 0.850. The summed E-state index contributed by atoms with van der Waals surface area (Å²) in [6, 6.07) is 10.8. The van der Waals surface area contributed by atoms with Crippen molar-refractivity contribution in [3.63, 3.8) is 0 Å². The lowest BCUT2D eigenvalue weighted by molar-refractivity contribution is -0.0185. The van der Waals surface area contributed by atoms with Crippen LogP contribution in [0.5, 0.6) is 0 Å². The molecule has 2 saturated heterocycles. The largest absolute Gasteiger partial charge is 0.371 e. The van der Waals surface area contributed by atoms with E-state index in [0.29, 0.717) is 5.92 Å². The van der Waals surface area contributed by atoms with E-state index in [0.717, 1.165) is 44.8 Å². The van der Waals surface area contributed by atoms with Gasteiger partial charge in [0.05, 0.1) is 18.8 Å². The Morgan fingerprint density at radius 2 is 1.96 bits per heavy atom. The Labute approximate surface area is 153 Å². The van der Waals surface area contributed by atoms with E-state index in [1.165, 1.54) is 41.1 Å². The molecule has 132 valence electrons. The lowest BCUT2D eigenvalue weighted by Crippen LogP contribution is -2.62. The zero-order chi connectivity index (χ0) is 17.1. The van der Waals surface area contributed by atoms with Crippen LogP contribution in [0.2, 0.25) is 0 Å². The third-order valence-electron chi connectivity index (χ3n) is 6.37. The summed E-state index contributed by atoms with van der Waals surface area (Å²) in [4.78, 5) is 12.5. The Balaban J connectivity index is 1.40. The monoisotopic (exact) mass is 345 g/mol. The van der Waals surface area contributed by atoms with Gasteiger partial charge in [-0.05, 0) is 43.2 Å². The van der Waals surface area contributed by atoms with Crippen molar-refractivity contribution in [2.75, 3.05) is 24.6 Å². The molecule has 2 aliphatic heterocycles. The summed E-state index contributed by atoms with van der Waals surface area (Å²) in [5.74, 6) is 2.54. The summed E-state index contributed by atoms with van der Waals surface area (Å²) in [6.45, 7) is 2.90. The van der Waals surface area contributed by atoms with E-state index < -0.39 is 0 Å². The number of nitrogens with zero attached hydrogens (tertiary/aromatic N) is 3. The van der Waals surface area contributed by atoms with Crippen LogP contribution in [0.25, 0.3) is 5.57 Å².